The minimum atomic E-state index is -0.579. The Morgan fingerprint density at radius 3 is 2.95 bits per heavy atom. The van der Waals surface area contributed by atoms with Gasteiger partial charge >= 0.3 is 5.97 Å². The van der Waals surface area contributed by atoms with Gasteiger partial charge in [-0.15, -0.1) is 0 Å². The van der Waals surface area contributed by atoms with E-state index in [1.165, 1.54) is 19.2 Å². The van der Waals surface area contributed by atoms with Gasteiger partial charge in [-0.25, -0.2) is 8.78 Å². The highest BCUT2D eigenvalue weighted by molar-refractivity contribution is 9.10. The van der Waals surface area contributed by atoms with Crippen molar-refractivity contribution >= 4 is 21.9 Å². The van der Waals surface area contributed by atoms with E-state index in [1.807, 2.05) is 4.90 Å². The van der Waals surface area contributed by atoms with Gasteiger partial charge in [-0.1, -0.05) is 0 Å². The van der Waals surface area contributed by atoms with Crippen molar-refractivity contribution in [3.63, 3.8) is 0 Å². The van der Waals surface area contributed by atoms with Gasteiger partial charge in [0.1, 0.15) is 11.6 Å². The first kappa shape index (κ1) is 15.4. The average Bonchev–Trinajstić information content (AvgIpc) is 2.47. The van der Waals surface area contributed by atoms with Crippen LogP contribution < -0.4 is 0 Å². The zero-order valence-electron chi connectivity index (χ0n) is 11.2. The fourth-order valence-electron chi connectivity index (χ4n) is 2.50. The van der Waals surface area contributed by atoms with Crippen LogP contribution >= 0.6 is 15.9 Å². The van der Waals surface area contributed by atoms with E-state index in [2.05, 4.69) is 15.9 Å². The van der Waals surface area contributed by atoms with Crippen molar-refractivity contribution in [2.45, 2.75) is 19.4 Å². The zero-order valence-corrected chi connectivity index (χ0v) is 12.8. The molecule has 0 amide bonds. The number of likely N-dealkylation sites (tertiary alicyclic amines) is 1. The van der Waals surface area contributed by atoms with E-state index in [1.54, 1.807) is 0 Å². The van der Waals surface area contributed by atoms with Gasteiger partial charge in [-0.3, -0.25) is 9.69 Å². The minimum absolute atomic E-state index is 0.0323. The molecule has 20 heavy (non-hydrogen) atoms. The predicted octanol–water partition coefficient (Wildman–Crippen LogP) is 3.11. The first-order valence-electron chi connectivity index (χ1n) is 6.45. The van der Waals surface area contributed by atoms with E-state index in [0.717, 1.165) is 19.4 Å². The number of hydrogen-bond acceptors (Lipinski definition) is 3. The molecule has 0 N–H and O–H groups in total. The summed E-state index contributed by atoms with van der Waals surface area (Å²) in [4.78, 5) is 13.4. The first-order chi connectivity index (χ1) is 9.52. The molecule has 3 nitrogen and oxygen atoms in total. The fourth-order valence-corrected chi connectivity index (χ4v) is 2.87. The highest BCUT2D eigenvalue weighted by atomic mass is 79.9. The van der Waals surface area contributed by atoms with E-state index in [9.17, 15) is 13.6 Å². The second kappa shape index (κ2) is 6.63. The number of carbonyl (C=O) groups is 1. The molecule has 0 aromatic heterocycles. The summed E-state index contributed by atoms with van der Waals surface area (Å²) in [5.41, 5.74) is 0.0323. The minimum Gasteiger partial charge on any atom is -0.469 e. The van der Waals surface area contributed by atoms with Crippen LogP contribution in [0.3, 0.4) is 0 Å². The number of halogens is 3. The molecule has 1 atom stereocenters. The van der Waals surface area contributed by atoms with Crippen LogP contribution in [0.15, 0.2) is 16.6 Å². The molecule has 6 heteroatoms. The highest BCUT2D eigenvalue weighted by Crippen LogP contribution is 2.25. The summed E-state index contributed by atoms with van der Waals surface area (Å²) in [5, 5.41) is 0. The smallest absolute Gasteiger partial charge is 0.309 e. The van der Waals surface area contributed by atoms with Crippen molar-refractivity contribution in [1.29, 1.82) is 0 Å². The Balaban J connectivity index is 2.10. The Morgan fingerprint density at radius 2 is 2.25 bits per heavy atom. The lowest BCUT2D eigenvalue weighted by molar-refractivity contribution is -0.147. The second-order valence-corrected chi connectivity index (χ2v) is 5.77. The number of nitrogens with zero attached hydrogens (tertiary/aromatic N) is 1. The SMILES string of the molecule is COC(=O)[C@H]1CCCN(Cc2c(F)ccc(Br)c2F)C1. The van der Waals surface area contributed by atoms with Gasteiger partial charge in [-0.05, 0) is 47.4 Å². The number of ether oxygens (including phenoxy) is 1. The Kier molecular flexibility index (Phi) is 5.10. The van der Waals surface area contributed by atoms with Crippen molar-refractivity contribution in [1.82, 2.24) is 4.90 Å². The van der Waals surface area contributed by atoms with Crippen molar-refractivity contribution in [3.8, 4) is 0 Å². The summed E-state index contributed by atoms with van der Waals surface area (Å²) in [5.74, 6) is -1.62. The quantitative estimate of drug-likeness (QED) is 0.621. The van der Waals surface area contributed by atoms with Gasteiger partial charge < -0.3 is 4.74 Å². The van der Waals surface area contributed by atoms with Gasteiger partial charge in [0.2, 0.25) is 0 Å². The number of benzene rings is 1. The normalized spacial score (nSPS) is 19.9. The number of piperidine rings is 1. The Bertz CT molecular complexity index is 510. The molecule has 0 bridgehead atoms. The van der Waals surface area contributed by atoms with E-state index in [4.69, 9.17) is 4.74 Å². The summed E-state index contributed by atoms with van der Waals surface area (Å²) in [6, 6.07) is 2.59. The molecule has 1 aromatic carbocycles. The number of esters is 1. The fraction of sp³-hybridized carbons (Fsp3) is 0.500. The topological polar surface area (TPSA) is 29.5 Å². The van der Waals surface area contributed by atoms with Crippen molar-refractivity contribution in [2.75, 3.05) is 20.2 Å². The Labute approximate surface area is 125 Å². The lowest BCUT2D eigenvalue weighted by Gasteiger charge is -2.31. The van der Waals surface area contributed by atoms with E-state index < -0.39 is 11.6 Å². The van der Waals surface area contributed by atoms with Crippen LogP contribution in [0.4, 0.5) is 8.78 Å². The van der Waals surface area contributed by atoms with E-state index in [0.29, 0.717) is 6.54 Å². The molecule has 1 saturated heterocycles. The van der Waals surface area contributed by atoms with Crippen molar-refractivity contribution in [3.05, 3.63) is 33.8 Å². The largest absolute Gasteiger partial charge is 0.469 e. The van der Waals surface area contributed by atoms with Gasteiger partial charge in [0.15, 0.2) is 0 Å². The van der Waals surface area contributed by atoms with Crippen LogP contribution in [-0.2, 0) is 16.1 Å². The maximum Gasteiger partial charge on any atom is 0.309 e. The van der Waals surface area contributed by atoms with Crippen molar-refractivity contribution in [2.24, 2.45) is 5.92 Å². The number of hydrogen-bond donors (Lipinski definition) is 0. The van der Waals surface area contributed by atoms with Crippen LogP contribution in [0.2, 0.25) is 0 Å². The monoisotopic (exact) mass is 347 g/mol. The average molecular weight is 348 g/mol. The third-order valence-corrected chi connectivity index (χ3v) is 4.17. The number of carbonyl (C=O) groups excluding carboxylic acids is 1. The molecule has 0 radical (unpaired) electrons. The van der Waals surface area contributed by atoms with Crippen LogP contribution in [-0.4, -0.2) is 31.1 Å². The zero-order chi connectivity index (χ0) is 14.7. The Hall–Kier alpha value is -1.01. The molecule has 0 aliphatic carbocycles. The maximum atomic E-state index is 13.9. The van der Waals surface area contributed by atoms with Gasteiger partial charge in [0.05, 0.1) is 17.5 Å². The third kappa shape index (κ3) is 3.35. The number of methoxy groups -OCH3 is 1. The molecular weight excluding hydrogens is 332 g/mol. The lowest BCUT2D eigenvalue weighted by Crippen LogP contribution is -2.39. The summed E-state index contributed by atoms with van der Waals surface area (Å²) >= 11 is 3.06. The van der Waals surface area contributed by atoms with Gasteiger partial charge in [0.25, 0.3) is 0 Å². The Morgan fingerprint density at radius 1 is 1.50 bits per heavy atom. The summed E-state index contributed by atoms with van der Waals surface area (Å²) in [6.45, 7) is 1.35. The van der Waals surface area contributed by atoms with Gasteiger partial charge in [-0.2, -0.15) is 0 Å². The van der Waals surface area contributed by atoms with E-state index >= 15 is 0 Å². The molecule has 110 valence electrons. The highest BCUT2D eigenvalue weighted by Gasteiger charge is 2.27. The molecule has 1 heterocycles. The molecule has 1 aliphatic rings. The number of rotatable bonds is 3. The summed E-state index contributed by atoms with van der Waals surface area (Å²) in [6.07, 6.45) is 1.57. The van der Waals surface area contributed by atoms with Crippen LogP contribution in [0.1, 0.15) is 18.4 Å². The molecular formula is C14H16BrF2NO2. The summed E-state index contributed by atoms with van der Waals surface area (Å²) in [7, 11) is 1.36. The summed E-state index contributed by atoms with van der Waals surface area (Å²) < 4.78 is 32.6. The van der Waals surface area contributed by atoms with Gasteiger partial charge in [0, 0.05) is 18.7 Å². The molecule has 0 spiro atoms. The lowest BCUT2D eigenvalue weighted by atomic mass is 9.97. The molecule has 1 aliphatic heterocycles. The van der Waals surface area contributed by atoms with E-state index in [-0.39, 0.29) is 28.5 Å². The first-order valence-corrected chi connectivity index (χ1v) is 7.24. The van der Waals surface area contributed by atoms with Crippen LogP contribution in [0.25, 0.3) is 0 Å². The standard InChI is InChI=1S/C14H16BrF2NO2/c1-20-14(19)9-3-2-6-18(7-9)8-10-12(16)5-4-11(15)13(10)17/h4-5,9H,2-3,6-8H2,1H3/t9-/m0/s1. The van der Waals surface area contributed by atoms with Crippen molar-refractivity contribution < 1.29 is 18.3 Å². The second-order valence-electron chi connectivity index (χ2n) is 4.92. The van der Waals surface area contributed by atoms with Crippen LogP contribution in [0.5, 0.6) is 0 Å². The molecule has 0 unspecified atom stereocenters. The molecule has 1 aromatic rings. The maximum absolute atomic E-state index is 13.9. The third-order valence-electron chi connectivity index (χ3n) is 3.56. The molecule has 0 saturated carbocycles. The molecule has 2 rings (SSSR count). The predicted molar refractivity (Wildman–Crippen MR) is 74.1 cm³/mol. The molecule has 1 fully saturated rings. The van der Waals surface area contributed by atoms with Crippen LogP contribution in [0, 0.1) is 17.6 Å².